The first-order valence-electron chi connectivity index (χ1n) is 19.2. The van der Waals surface area contributed by atoms with Crippen LogP contribution in [-0.4, -0.2) is 67.3 Å². The number of aliphatic hydroxyl groups is 1. The maximum Gasteiger partial charge on any atom is 0.187 e. The van der Waals surface area contributed by atoms with Crippen LogP contribution in [-0.2, 0) is 70.9 Å². The summed E-state index contributed by atoms with van der Waals surface area (Å²) in [5.41, 5.74) is 4.99. The van der Waals surface area contributed by atoms with Crippen LogP contribution in [0, 0.1) is 0 Å². The third kappa shape index (κ3) is 11.4. The van der Waals surface area contributed by atoms with E-state index in [0.717, 1.165) is 27.8 Å². The Kier molecular flexibility index (Phi) is 14.8. The van der Waals surface area contributed by atoms with Gasteiger partial charge in [-0.2, -0.15) is 0 Å². The molecule has 5 aromatic rings. The molecule has 9 heteroatoms. The van der Waals surface area contributed by atoms with Crippen molar-refractivity contribution in [3.63, 3.8) is 0 Å². The smallest absolute Gasteiger partial charge is 0.187 e. The van der Waals surface area contributed by atoms with Crippen molar-refractivity contribution in [2.75, 3.05) is 13.2 Å². The fourth-order valence-electron chi connectivity index (χ4n) is 6.77. The van der Waals surface area contributed by atoms with E-state index in [1.54, 1.807) is 6.26 Å². The Hall–Kier alpha value is -4.68. The third-order valence-electron chi connectivity index (χ3n) is 9.76. The Labute approximate surface area is 329 Å². The van der Waals surface area contributed by atoms with Crippen LogP contribution in [0.4, 0.5) is 0 Å². The second kappa shape index (κ2) is 21.0. The Balaban J connectivity index is 1.16. The zero-order valence-electron chi connectivity index (χ0n) is 31.4. The average molecular weight is 759 g/mol. The van der Waals surface area contributed by atoms with Crippen LogP contribution in [0.1, 0.15) is 27.8 Å². The molecule has 8 atom stereocenters. The highest BCUT2D eigenvalue weighted by Crippen LogP contribution is 2.32. The maximum absolute atomic E-state index is 12.0. The zero-order chi connectivity index (χ0) is 38.2. The van der Waals surface area contributed by atoms with Crippen molar-refractivity contribution in [2.24, 2.45) is 0 Å². The molecule has 2 aliphatic heterocycles. The molecule has 0 radical (unpaired) electrons. The molecule has 0 amide bonds. The van der Waals surface area contributed by atoms with E-state index in [-0.39, 0.29) is 26.4 Å². The minimum absolute atomic E-state index is 0.0884. The van der Waals surface area contributed by atoms with Gasteiger partial charge < -0.3 is 43.0 Å². The van der Waals surface area contributed by atoms with Crippen molar-refractivity contribution in [2.45, 2.75) is 82.1 Å². The van der Waals surface area contributed by atoms with E-state index in [1.807, 2.05) is 158 Å². The molecule has 7 rings (SSSR count). The van der Waals surface area contributed by atoms with Crippen molar-refractivity contribution in [3.8, 4) is 0 Å². The van der Waals surface area contributed by atoms with Crippen molar-refractivity contribution < 1.29 is 43.0 Å². The lowest BCUT2D eigenvalue weighted by atomic mass is 9.97. The zero-order valence-corrected chi connectivity index (χ0v) is 31.4. The van der Waals surface area contributed by atoms with E-state index in [4.69, 9.17) is 37.9 Å². The van der Waals surface area contributed by atoms with Crippen molar-refractivity contribution in [3.05, 3.63) is 192 Å². The molecule has 1 N–H and O–H groups in total. The molecule has 0 saturated carbocycles. The molecule has 0 spiro atoms. The molecular formula is C47H50O9. The summed E-state index contributed by atoms with van der Waals surface area (Å²) in [6.45, 7) is 1.89. The largest absolute Gasteiger partial charge is 0.493 e. The highest BCUT2D eigenvalue weighted by atomic mass is 16.7. The number of benzene rings is 5. The van der Waals surface area contributed by atoms with Crippen LogP contribution in [0.15, 0.2) is 164 Å². The maximum atomic E-state index is 12.0. The van der Waals surface area contributed by atoms with Crippen LogP contribution in [0.2, 0.25) is 0 Å². The number of hydrogen-bond acceptors (Lipinski definition) is 9. The number of rotatable bonds is 19. The summed E-state index contributed by atoms with van der Waals surface area (Å²) in [7, 11) is 0. The Bertz CT molecular complexity index is 1850. The molecular weight excluding hydrogens is 709 g/mol. The summed E-state index contributed by atoms with van der Waals surface area (Å²) in [6, 6.07) is 49.6. The van der Waals surface area contributed by atoms with Gasteiger partial charge in [0.2, 0.25) is 0 Å². The molecule has 56 heavy (non-hydrogen) atoms. The minimum atomic E-state index is -1.10. The van der Waals surface area contributed by atoms with Gasteiger partial charge in [0.1, 0.15) is 36.6 Å². The van der Waals surface area contributed by atoms with E-state index >= 15 is 0 Å². The first kappa shape index (κ1) is 39.6. The lowest BCUT2D eigenvalue weighted by Gasteiger charge is -2.46. The van der Waals surface area contributed by atoms with E-state index in [1.165, 1.54) is 0 Å². The van der Waals surface area contributed by atoms with Crippen LogP contribution in [0.5, 0.6) is 0 Å². The monoisotopic (exact) mass is 758 g/mol. The lowest BCUT2D eigenvalue weighted by molar-refractivity contribution is -0.341. The lowest BCUT2D eigenvalue weighted by Crippen LogP contribution is -2.62. The molecule has 1 fully saturated rings. The molecule has 9 nitrogen and oxygen atoms in total. The number of hydrogen-bond donors (Lipinski definition) is 1. The summed E-state index contributed by atoms with van der Waals surface area (Å²) in [4.78, 5) is 0. The summed E-state index contributed by atoms with van der Waals surface area (Å²) < 4.78 is 52.0. The molecule has 0 aromatic heterocycles. The Morgan fingerprint density at radius 3 is 1.34 bits per heavy atom. The number of ether oxygens (including phenoxy) is 8. The third-order valence-corrected chi connectivity index (χ3v) is 9.76. The molecule has 1 saturated heterocycles. The van der Waals surface area contributed by atoms with Gasteiger partial charge in [0.05, 0.1) is 52.5 Å². The summed E-state index contributed by atoms with van der Waals surface area (Å²) in [5.74, 6) is 0. The van der Waals surface area contributed by atoms with Gasteiger partial charge in [-0.25, -0.2) is 0 Å². The molecule has 292 valence electrons. The molecule has 2 heterocycles. The standard InChI is InChI=1S/C47H50O9/c48-43-41(33-49-28-35-16-6-1-7-17-35)55-47(46(54-32-39-24-14-5-15-25-39)45(43)53-31-38-22-12-4-13-23-38)56-44-40(52-30-37-20-10-3-11-21-37)26-27-51-42(44)34-50-29-36-18-8-2-9-19-36/h1-27,40-48H,28-34H2/t40-,41-,42-,43-,44+,45+,46-,47+/m1/s1. The normalized spacial score (nSPS) is 24.7. The summed E-state index contributed by atoms with van der Waals surface area (Å²) >= 11 is 0. The predicted molar refractivity (Wildman–Crippen MR) is 211 cm³/mol. The van der Waals surface area contributed by atoms with Gasteiger partial charge in [-0.3, -0.25) is 0 Å². The SMILES string of the molecule is O[C@H]1[C@H](OCc2ccccc2)[C@@H](OCc2ccccc2)[C@H](O[C@H]2[C@H](OCc3ccccc3)C=CO[C@@H]2COCc2ccccc2)O[C@@H]1COCc1ccccc1. The van der Waals surface area contributed by atoms with Crippen molar-refractivity contribution in [1.29, 1.82) is 0 Å². The highest BCUT2D eigenvalue weighted by molar-refractivity contribution is 5.17. The van der Waals surface area contributed by atoms with Gasteiger partial charge in [0.15, 0.2) is 12.4 Å². The van der Waals surface area contributed by atoms with Gasteiger partial charge in [0.25, 0.3) is 0 Å². The second-order valence-electron chi connectivity index (χ2n) is 13.9. The van der Waals surface area contributed by atoms with E-state index in [2.05, 4.69) is 0 Å². The van der Waals surface area contributed by atoms with Gasteiger partial charge in [-0.15, -0.1) is 0 Å². The van der Waals surface area contributed by atoms with Crippen LogP contribution in [0.25, 0.3) is 0 Å². The van der Waals surface area contributed by atoms with Crippen LogP contribution in [0.3, 0.4) is 0 Å². The predicted octanol–water partition coefficient (Wildman–Crippen LogP) is 7.56. The fraction of sp³-hybridized carbons (Fsp3) is 0.319. The molecule has 0 aliphatic carbocycles. The second-order valence-corrected chi connectivity index (χ2v) is 13.9. The summed E-state index contributed by atoms with van der Waals surface area (Å²) in [6.07, 6.45) is -2.93. The van der Waals surface area contributed by atoms with E-state index in [9.17, 15) is 5.11 Å². The van der Waals surface area contributed by atoms with Gasteiger partial charge in [-0.1, -0.05) is 152 Å². The van der Waals surface area contributed by atoms with Crippen molar-refractivity contribution in [1.82, 2.24) is 0 Å². The van der Waals surface area contributed by atoms with E-state index < -0.39 is 49.0 Å². The molecule has 5 aromatic carbocycles. The van der Waals surface area contributed by atoms with Crippen molar-refractivity contribution >= 4 is 0 Å². The first-order chi connectivity index (χ1) is 27.7. The van der Waals surface area contributed by atoms with Crippen LogP contribution >= 0.6 is 0 Å². The molecule has 0 bridgehead atoms. The van der Waals surface area contributed by atoms with Crippen LogP contribution < -0.4 is 0 Å². The Morgan fingerprint density at radius 1 is 0.446 bits per heavy atom. The van der Waals surface area contributed by atoms with Gasteiger partial charge in [-0.05, 0) is 33.9 Å². The summed E-state index contributed by atoms with van der Waals surface area (Å²) in [5, 5.41) is 12.0. The van der Waals surface area contributed by atoms with Gasteiger partial charge in [0, 0.05) is 0 Å². The topological polar surface area (TPSA) is 94.1 Å². The van der Waals surface area contributed by atoms with E-state index in [0.29, 0.717) is 19.8 Å². The van der Waals surface area contributed by atoms with Gasteiger partial charge >= 0.3 is 0 Å². The first-order valence-corrected chi connectivity index (χ1v) is 19.2. The number of aliphatic hydroxyl groups excluding tert-OH is 1. The quantitative estimate of drug-likeness (QED) is 0.0916. The Morgan fingerprint density at radius 2 is 0.857 bits per heavy atom. The average Bonchev–Trinajstić information content (AvgIpc) is 3.25. The fourth-order valence-corrected chi connectivity index (χ4v) is 6.77. The highest BCUT2D eigenvalue weighted by Gasteiger charge is 2.50. The molecule has 2 aliphatic rings. The molecule has 0 unspecified atom stereocenters. The minimum Gasteiger partial charge on any atom is -0.493 e.